The van der Waals surface area contributed by atoms with E-state index in [0.29, 0.717) is 11.8 Å². The standard InChI is InChI=1S/C12H20O4/c13-7-15-11-2-9-1-10(4-11)5-12(3-9,6-11)16-8-14/h9-10,13-14H,1-8H2. The van der Waals surface area contributed by atoms with Crippen LogP contribution in [0.1, 0.15) is 38.5 Å². The predicted octanol–water partition coefficient (Wildman–Crippen LogP) is 1.01. The molecule has 4 aliphatic carbocycles. The van der Waals surface area contributed by atoms with Crippen LogP contribution in [0.15, 0.2) is 0 Å². The van der Waals surface area contributed by atoms with Crippen molar-refractivity contribution >= 4 is 0 Å². The highest BCUT2D eigenvalue weighted by Gasteiger charge is 2.59. The van der Waals surface area contributed by atoms with E-state index in [2.05, 4.69) is 0 Å². The summed E-state index contributed by atoms with van der Waals surface area (Å²) >= 11 is 0. The highest BCUT2D eigenvalue weighted by molar-refractivity contribution is 5.10. The Hall–Kier alpha value is -0.160. The largest absolute Gasteiger partial charge is 0.371 e. The quantitative estimate of drug-likeness (QED) is 0.705. The number of hydrogen-bond acceptors (Lipinski definition) is 4. The molecule has 4 rings (SSSR count). The SMILES string of the molecule is OCOC12CC3CC(C1)CC(OCO)(C3)C2. The zero-order valence-corrected chi connectivity index (χ0v) is 9.52. The molecule has 0 aromatic rings. The Morgan fingerprint density at radius 2 is 1.31 bits per heavy atom. The third kappa shape index (κ3) is 1.59. The number of rotatable bonds is 4. The van der Waals surface area contributed by atoms with Gasteiger partial charge in [0.1, 0.15) is 13.6 Å². The van der Waals surface area contributed by atoms with Crippen molar-refractivity contribution in [3.05, 3.63) is 0 Å². The topological polar surface area (TPSA) is 58.9 Å². The van der Waals surface area contributed by atoms with Crippen LogP contribution in [0, 0.1) is 11.8 Å². The van der Waals surface area contributed by atoms with Crippen molar-refractivity contribution in [3.63, 3.8) is 0 Å². The van der Waals surface area contributed by atoms with Crippen LogP contribution in [0.2, 0.25) is 0 Å². The van der Waals surface area contributed by atoms with E-state index >= 15 is 0 Å². The fourth-order valence-corrected chi connectivity index (χ4v) is 4.71. The van der Waals surface area contributed by atoms with Crippen LogP contribution in [0.3, 0.4) is 0 Å². The van der Waals surface area contributed by atoms with Crippen molar-refractivity contribution in [2.45, 2.75) is 49.7 Å². The summed E-state index contributed by atoms with van der Waals surface area (Å²) in [5.74, 6) is 1.30. The molecule has 0 aromatic heterocycles. The van der Waals surface area contributed by atoms with Gasteiger partial charge in [0, 0.05) is 6.42 Å². The van der Waals surface area contributed by atoms with E-state index in [1.165, 1.54) is 6.42 Å². The van der Waals surface area contributed by atoms with Crippen LogP contribution in [-0.2, 0) is 9.47 Å². The normalized spacial score (nSPS) is 49.9. The summed E-state index contributed by atoms with van der Waals surface area (Å²) in [7, 11) is 0. The average Bonchev–Trinajstić information content (AvgIpc) is 2.14. The van der Waals surface area contributed by atoms with Crippen molar-refractivity contribution in [3.8, 4) is 0 Å². The van der Waals surface area contributed by atoms with E-state index in [-0.39, 0.29) is 24.8 Å². The van der Waals surface area contributed by atoms with E-state index in [9.17, 15) is 0 Å². The Kier molecular flexibility index (Phi) is 2.51. The highest BCUT2D eigenvalue weighted by Crippen LogP contribution is 2.60. The minimum Gasteiger partial charge on any atom is -0.371 e. The van der Waals surface area contributed by atoms with Gasteiger partial charge in [-0.2, -0.15) is 0 Å². The molecule has 0 unspecified atom stereocenters. The second kappa shape index (κ2) is 3.67. The van der Waals surface area contributed by atoms with E-state index < -0.39 is 0 Å². The highest BCUT2D eigenvalue weighted by atomic mass is 16.6. The molecule has 4 heteroatoms. The van der Waals surface area contributed by atoms with Gasteiger partial charge in [0.05, 0.1) is 11.2 Å². The Morgan fingerprint density at radius 3 is 1.69 bits per heavy atom. The molecule has 2 N–H and O–H groups in total. The number of hydrogen-bond donors (Lipinski definition) is 2. The molecule has 4 nitrogen and oxygen atoms in total. The van der Waals surface area contributed by atoms with Gasteiger partial charge in [0.25, 0.3) is 0 Å². The summed E-state index contributed by atoms with van der Waals surface area (Å²) in [6, 6.07) is 0. The molecule has 0 heterocycles. The van der Waals surface area contributed by atoms with Crippen molar-refractivity contribution < 1.29 is 19.7 Å². The van der Waals surface area contributed by atoms with Crippen LogP contribution in [0.5, 0.6) is 0 Å². The maximum atomic E-state index is 9.03. The molecule has 0 spiro atoms. The summed E-state index contributed by atoms with van der Waals surface area (Å²) in [5, 5.41) is 18.1. The Morgan fingerprint density at radius 1 is 0.875 bits per heavy atom. The van der Waals surface area contributed by atoms with Crippen LogP contribution in [0.4, 0.5) is 0 Å². The summed E-state index contributed by atoms with van der Waals surface area (Å²) in [5.41, 5.74) is -0.345. The predicted molar refractivity (Wildman–Crippen MR) is 56.5 cm³/mol. The Bertz CT molecular complexity index is 240. The van der Waals surface area contributed by atoms with E-state index in [1.54, 1.807) is 0 Å². The van der Waals surface area contributed by atoms with Crippen LogP contribution in [-0.4, -0.2) is 35.0 Å². The van der Waals surface area contributed by atoms with E-state index in [4.69, 9.17) is 19.7 Å². The maximum absolute atomic E-state index is 9.03. The number of aliphatic hydroxyl groups is 2. The molecule has 0 saturated heterocycles. The minimum absolute atomic E-state index is 0.173. The van der Waals surface area contributed by atoms with Crippen LogP contribution in [0.25, 0.3) is 0 Å². The molecular formula is C12H20O4. The third-order valence-corrected chi connectivity index (χ3v) is 4.70. The van der Waals surface area contributed by atoms with Gasteiger partial charge in [-0.25, -0.2) is 0 Å². The Labute approximate surface area is 95.6 Å². The first-order valence-corrected chi connectivity index (χ1v) is 6.19. The summed E-state index contributed by atoms with van der Waals surface area (Å²) in [6.45, 7) is -0.400. The lowest BCUT2D eigenvalue weighted by atomic mass is 9.52. The Balaban J connectivity index is 1.85. The molecule has 0 aliphatic heterocycles. The molecule has 4 bridgehead atoms. The summed E-state index contributed by atoms with van der Waals surface area (Å²) < 4.78 is 11.2. The smallest absolute Gasteiger partial charge is 0.144 e. The number of ether oxygens (including phenoxy) is 2. The molecule has 0 radical (unpaired) electrons. The molecule has 0 amide bonds. The first-order chi connectivity index (χ1) is 7.69. The van der Waals surface area contributed by atoms with Crippen LogP contribution >= 0.6 is 0 Å². The fourth-order valence-electron chi connectivity index (χ4n) is 4.71. The molecule has 4 saturated carbocycles. The average molecular weight is 228 g/mol. The minimum atomic E-state index is -0.200. The molecule has 4 fully saturated rings. The van der Waals surface area contributed by atoms with Gasteiger partial charge in [-0.3, -0.25) is 0 Å². The summed E-state index contributed by atoms with van der Waals surface area (Å²) in [4.78, 5) is 0. The van der Waals surface area contributed by atoms with Crippen molar-refractivity contribution in [1.82, 2.24) is 0 Å². The zero-order chi connectivity index (χ0) is 11.2. The number of aliphatic hydroxyl groups excluding tert-OH is 2. The fraction of sp³-hybridized carbons (Fsp3) is 1.00. The van der Waals surface area contributed by atoms with Crippen molar-refractivity contribution in [2.24, 2.45) is 11.8 Å². The molecule has 4 aliphatic rings. The second-order valence-corrected chi connectivity index (χ2v) is 5.87. The van der Waals surface area contributed by atoms with Gasteiger partial charge in [-0.05, 0) is 43.9 Å². The van der Waals surface area contributed by atoms with Gasteiger partial charge in [-0.1, -0.05) is 0 Å². The van der Waals surface area contributed by atoms with Gasteiger partial charge >= 0.3 is 0 Å². The molecule has 0 aromatic carbocycles. The lowest BCUT2D eigenvalue weighted by Gasteiger charge is -2.60. The lowest BCUT2D eigenvalue weighted by molar-refractivity contribution is -0.265. The van der Waals surface area contributed by atoms with Gasteiger partial charge < -0.3 is 19.7 Å². The van der Waals surface area contributed by atoms with Crippen molar-refractivity contribution in [1.29, 1.82) is 0 Å². The lowest BCUT2D eigenvalue weighted by Crippen LogP contribution is -2.61. The second-order valence-electron chi connectivity index (χ2n) is 5.87. The summed E-state index contributed by atoms with van der Waals surface area (Å²) in [6.07, 6.45) is 6.34. The van der Waals surface area contributed by atoms with Crippen LogP contribution < -0.4 is 0 Å². The van der Waals surface area contributed by atoms with Gasteiger partial charge in [0.15, 0.2) is 0 Å². The first-order valence-electron chi connectivity index (χ1n) is 6.19. The van der Waals surface area contributed by atoms with E-state index in [1.807, 2.05) is 0 Å². The van der Waals surface area contributed by atoms with Gasteiger partial charge in [0.2, 0.25) is 0 Å². The first kappa shape index (κ1) is 11.0. The van der Waals surface area contributed by atoms with Gasteiger partial charge in [-0.15, -0.1) is 0 Å². The molecule has 16 heavy (non-hydrogen) atoms. The molecule has 0 atom stereocenters. The zero-order valence-electron chi connectivity index (χ0n) is 9.52. The maximum Gasteiger partial charge on any atom is 0.144 e. The van der Waals surface area contributed by atoms with E-state index in [0.717, 1.165) is 32.1 Å². The van der Waals surface area contributed by atoms with Crippen molar-refractivity contribution in [2.75, 3.05) is 13.6 Å². The molecule has 92 valence electrons. The monoisotopic (exact) mass is 228 g/mol. The molecular weight excluding hydrogens is 208 g/mol. The third-order valence-electron chi connectivity index (χ3n) is 4.70.